The van der Waals surface area contributed by atoms with Crippen LogP contribution in [0.3, 0.4) is 0 Å². The van der Waals surface area contributed by atoms with E-state index in [2.05, 4.69) is 0 Å². The first kappa shape index (κ1) is 7.21. The molecule has 1 amide bonds. The number of nitrogens with zero attached hydrogens (tertiary/aromatic N) is 1. The summed E-state index contributed by atoms with van der Waals surface area (Å²) in [5.74, 6) is 0. The highest BCUT2D eigenvalue weighted by molar-refractivity contribution is 5.48. The molecule has 0 aromatic heterocycles. The van der Waals surface area contributed by atoms with Gasteiger partial charge < -0.3 is 4.90 Å². The van der Waals surface area contributed by atoms with Gasteiger partial charge in [0.1, 0.15) is 0 Å². The molecular formula is C6H11NO. The molecule has 0 N–H and O–H groups in total. The Morgan fingerprint density at radius 2 is 2.25 bits per heavy atom. The Morgan fingerprint density at radius 3 is 2.62 bits per heavy atom. The van der Waals surface area contributed by atoms with E-state index in [9.17, 15) is 4.79 Å². The minimum absolute atomic E-state index is 0.770. The second kappa shape index (κ2) is 4.37. The summed E-state index contributed by atoms with van der Waals surface area (Å²) in [5, 5.41) is 0. The summed E-state index contributed by atoms with van der Waals surface area (Å²) in [6.07, 6.45) is 5.41. The van der Waals surface area contributed by atoms with Crippen LogP contribution in [-0.4, -0.2) is 18.4 Å². The van der Waals surface area contributed by atoms with Crippen molar-refractivity contribution < 1.29 is 4.79 Å². The quantitative estimate of drug-likeness (QED) is 0.500. The second-order valence-corrected chi connectivity index (χ2v) is 1.56. The van der Waals surface area contributed by atoms with Crippen LogP contribution in [-0.2, 0) is 4.79 Å². The van der Waals surface area contributed by atoms with Crippen LogP contribution in [0.15, 0.2) is 12.3 Å². The van der Waals surface area contributed by atoms with E-state index < -0.39 is 0 Å². The summed E-state index contributed by atoms with van der Waals surface area (Å²) in [4.78, 5) is 11.4. The minimum atomic E-state index is 0.770. The third kappa shape index (κ3) is 3.40. The molecule has 0 aliphatic carbocycles. The van der Waals surface area contributed by atoms with Crippen molar-refractivity contribution in [3.8, 4) is 0 Å². The van der Waals surface area contributed by atoms with E-state index in [4.69, 9.17) is 0 Å². The molecule has 0 saturated heterocycles. The maximum Gasteiger partial charge on any atom is 0.213 e. The highest BCUT2D eigenvalue weighted by Crippen LogP contribution is 1.81. The Bertz CT molecular complexity index is 88.5. The van der Waals surface area contributed by atoms with Crippen LogP contribution in [0.1, 0.15) is 13.3 Å². The molecule has 0 aliphatic heterocycles. The first-order valence-corrected chi connectivity index (χ1v) is 2.65. The lowest BCUT2D eigenvalue weighted by Gasteiger charge is -1.98. The summed E-state index contributed by atoms with van der Waals surface area (Å²) in [6.45, 7) is 2.02. The Balaban J connectivity index is 3.35. The fraction of sp³-hybridized carbons (Fsp3) is 0.500. The van der Waals surface area contributed by atoms with Crippen molar-refractivity contribution in [1.82, 2.24) is 4.90 Å². The minimum Gasteiger partial charge on any atom is -0.325 e. The van der Waals surface area contributed by atoms with E-state index in [0.717, 1.165) is 12.8 Å². The van der Waals surface area contributed by atoms with Crippen molar-refractivity contribution in [3.63, 3.8) is 0 Å². The zero-order chi connectivity index (χ0) is 6.41. The number of carbonyl (C=O) groups excluding carboxylic acids is 1. The maximum absolute atomic E-state index is 9.89. The fourth-order valence-corrected chi connectivity index (χ4v) is 0.307. The number of hydrogen-bond donors (Lipinski definition) is 0. The summed E-state index contributed by atoms with van der Waals surface area (Å²) < 4.78 is 0. The van der Waals surface area contributed by atoms with E-state index in [1.165, 1.54) is 4.90 Å². The Hall–Kier alpha value is -0.790. The van der Waals surface area contributed by atoms with E-state index in [1.807, 2.05) is 13.0 Å². The molecule has 0 heterocycles. The molecule has 2 nitrogen and oxygen atoms in total. The monoisotopic (exact) mass is 113 g/mol. The molecule has 0 aliphatic rings. The highest BCUT2D eigenvalue weighted by atomic mass is 16.1. The number of carbonyl (C=O) groups is 1. The number of amides is 1. The lowest BCUT2D eigenvalue weighted by molar-refractivity contribution is -0.114. The summed E-state index contributed by atoms with van der Waals surface area (Å²) in [7, 11) is 1.71. The molecule has 0 spiro atoms. The van der Waals surface area contributed by atoms with Gasteiger partial charge in [-0.3, -0.25) is 4.79 Å². The van der Waals surface area contributed by atoms with Gasteiger partial charge in [-0.2, -0.15) is 0 Å². The molecule has 0 bridgehead atoms. The second-order valence-electron chi connectivity index (χ2n) is 1.56. The lowest BCUT2D eigenvalue weighted by Crippen LogP contribution is -2.05. The van der Waals surface area contributed by atoms with E-state index in [1.54, 1.807) is 13.2 Å². The number of rotatable bonds is 3. The van der Waals surface area contributed by atoms with Crippen LogP contribution in [0, 0.1) is 0 Å². The van der Waals surface area contributed by atoms with Gasteiger partial charge in [0.25, 0.3) is 0 Å². The highest BCUT2D eigenvalue weighted by Gasteiger charge is 1.78. The zero-order valence-electron chi connectivity index (χ0n) is 5.29. The molecule has 46 valence electrons. The third-order valence-corrected chi connectivity index (χ3v) is 0.743. The molecule has 0 radical (unpaired) electrons. The van der Waals surface area contributed by atoms with Crippen molar-refractivity contribution >= 4 is 6.41 Å². The van der Waals surface area contributed by atoms with Crippen LogP contribution >= 0.6 is 0 Å². The first-order valence-electron chi connectivity index (χ1n) is 2.65. The molecule has 0 saturated carbocycles. The predicted octanol–water partition coefficient (Wildman–Crippen LogP) is 0.998. The smallest absolute Gasteiger partial charge is 0.213 e. The van der Waals surface area contributed by atoms with E-state index in [-0.39, 0.29) is 0 Å². The Morgan fingerprint density at radius 1 is 1.62 bits per heavy atom. The Labute approximate surface area is 49.8 Å². The first-order chi connectivity index (χ1) is 3.81. The summed E-state index contributed by atoms with van der Waals surface area (Å²) >= 11 is 0. The lowest BCUT2D eigenvalue weighted by atomic mass is 10.5. The molecular weight excluding hydrogens is 102 g/mol. The largest absolute Gasteiger partial charge is 0.325 e. The molecule has 0 rings (SSSR count). The van der Waals surface area contributed by atoms with Crippen LogP contribution in [0.25, 0.3) is 0 Å². The summed E-state index contributed by atoms with van der Waals surface area (Å²) in [6, 6.07) is 0. The van der Waals surface area contributed by atoms with Gasteiger partial charge in [-0.05, 0) is 6.42 Å². The van der Waals surface area contributed by atoms with Gasteiger partial charge in [-0.15, -0.1) is 0 Å². The average Bonchev–Trinajstić information content (AvgIpc) is 1.83. The van der Waals surface area contributed by atoms with Crippen LogP contribution in [0.2, 0.25) is 0 Å². The van der Waals surface area contributed by atoms with Gasteiger partial charge in [-0.1, -0.05) is 13.0 Å². The summed E-state index contributed by atoms with van der Waals surface area (Å²) in [5.41, 5.74) is 0. The van der Waals surface area contributed by atoms with Gasteiger partial charge in [0.15, 0.2) is 0 Å². The number of allylic oxidation sites excluding steroid dienone is 1. The van der Waals surface area contributed by atoms with Gasteiger partial charge in [0.2, 0.25) is 6.41 Å². The zero-order valence-corrected chi connectivity index (χ0v) is 5.29. The van der Waals surface area contributed by atoms with Crippen LogP contribution < -0.4 is 0 Å². The molecule has 0 aromatic carbocycles. The third-order valence-electron chi connectivity index (χ3n) is 0.743. The van der Waals surface area contributed by atoms with Gasteiger partial charge >= 0.3 is 0 Å². The standard InChI is InChI=1S/C6H11NO/c1-3-4-5-7(2)6-8/h4-6H,3H2,1-2H3/b5-4-. The van der Waals surface area contributed by atoms with Crippen LogP contribution in [0.5, 0.6) is 0 Å². The van der Waals surface area contributed by atoms with Gasteiger partial charge in [-0.25, -0.2) is 0 Å². The van der Waals surface area contributed by atoms with Crippen LogP contribution in [0.4, 0.5) is 0 Å². The van der Waals surface area contributed by atoms with E-state index in [0.29, 0.717) is 0 Å². The average molecular weight is 113 g/mol. The molecule has 0 fully saturated rings. The van der Waals surface area contributed by atoms with E-state index >= 15 is 0 Å². The topological polar surface area (TPSA) is 20.3 Å². The predicted molar refractivity (Wildman–Crippen MR) is 33.3 cm³/mol. The Kier molecular flexibility index (Phi) is 3.94. The van der Waals surface area contributed by atoms with Crippen molar-refractivity contribution in [2.45, 2.75) is 13.3 Å². The molecule has 0 aromatic rings. The maximum atomic E-state index is 9.89. The van der Waals surface area contributed by atoms with Gasteiger partial charge in [0.05, 0.1) is 0 Å². The van der Waals surface area contributed by atoms with Crippen molar-refractivity contribution in [2.24, 2.45) is 0 Å². The molecule has 8 heavy (non-hydrogen) atoms. The van der Waals surface area contributed by atoms with Crippen molar-refractivity contribution in [3.05, 3.63) is 12.3 Å². The van der Waals surface area contributed by atoms with Crippen molar-refractivity contribution in [2.75, 3.05) is 7.05 Å². The van der Waals surface area contributed by atoms with Crippen molar-refractivity contribution in [1.29, 1.82) is 0 Å². The fourth-order valence-electron chi connectivity index (χ4n) is 0.307. The normalized spacial score (nSPS) is 9.75. The molecule has 0 atom stereocenters. The molecule has 0 unspecified atom stereocenters. The van der Waals surface area contributed by atoms with Gasteiger partial charge in [0, 0.05) is 13.2 Å². The SMILES string of the molecule is CC/C=C\N(C)C=O. The number of hydrogen-bond acceptors (Lipinski definition) is 1. The molecule has 2 heteroatoms.